The molecule has 186 valence electrons. The molecule has 4 N–H and O–H groups in total. The second-order valence-corrected chi connectivity index (χ2v) is 9.58. The summed E-state index contributed by atoms with van der Waals surface area (Å²) in [6, 6.07) is 11.7. The monoisotopic (exact) mass is 560 g/mol. The molecule has 0 spiro atoms. The van der Waals surface area contributed by atoms with Crippen LogP contribution in [-0.4, -0.2) is 29.4 Å². The summed E-state index contributed by atoms with van der Waals surface area (Å²) in [5.41, 5.74) is 6.30. The Balaban J connectivity index is 1.49. The van der Waals surface area contributed by atoms with Crippen molar-refractivity contribution in [2.24, 2.45) is 5.92 Å². The number of hydrogen-bond acceptors (Lipinski definition) is 5. The Kier molecular flexibility index (Phi) is 10.0. The van der Waals surface area contributed by atoms with Gasteiger partial charge in [-0.25, -0.2) is 0 Å². The first-order valence-electron chi connectivity index (χ1n) is 11.6. The standard InChI is InChI=1S/C25H29BrN4O4S/c1-2-14-34-21-13-10-18(26)15-20(21)24(33)28-25(35)30-29-23(32)17-8-11-19(12-9-17)27-22(31)16-6-4-3-5-7-16/h8-13,15-16H,2-7,14H2,1H3,(H,27,31)(H,29,32)(H2,28,30,33,35). The number of hydrogen-bond donors (Lipinski definition) is 4. The lowest BCUT2D eigenvalue weighted by Crippen LogP contribution is -2.48. The second-order valence-electron chi connectivity index (χ2n) is 8.25. The molecule has 2 aromatic rings. The molecule has 0 heterocycles. The van der Waals surface area contributed by atoms with E-state index in [1.54, 1.807) is 42.5 Å². The lowest BCUT2D eigenvalue weighted by Gasteiger charge is -2.20. The van der Waals surface area contributed by atoms with Gasteiger partial charge in [-0.05, 0) is 73.9 Å². The minimum absolute atomic E-state index is 0.0263. The van der Waals surface area contributed by atoms with Gasteiger partial charge in [0, 0.05) is 21.6 Å². The van der Waals surface area contributed by atoms with Crippen LogP contribution in [0.1, 0.15) is 66.2 Å². The zero-order valence-electron chi connectivity index (χ0n) is 19.5. The number of thiocarbonyl (C=S) groups is 1. The zero-order chi connectivity index (χ0) is 25.2. The summed E-state index contributed by atoms with van der Waals surface area (Å²) in [7, 11) is 0. The SMILES string of the molecule is CCCOc1ccc(Br)cc1C(=O)NC(=S)NNC(=O)c1ccc(NC(=O)C2CCCCC2)cc1. The van der Waals surface area contributed by atoms with Crippen LogP contribution in [0.3, 0.4) is 0 Å². The molecule has 0 atom stereocenters. The first kappa shape index (κ1) is 26.6. The topological polar surface area (TPSA) is 109 Å². The Morgan fingerprint density at radius 3 is 2.40 bits per heavy atom. The molecule has 10 heteroatoms. The molecule has 1 aliphatic carbocycles. The third kappa shape index (κ3) is 8.03. The third-order valence-corrected chi connectivity index (χ3v) is 6.25. The molecule has 0 radical (unpaired) electrons. The molecule has 0 bridgehead atoms. The van der Waals surface area contributed by atoms with Gasteiger partial charge in [-0.2, -0.15) is 0 Å². The van der Waals surface area contributed by atoms with Crippen LogP contribution in [0.15, 0.2) is 46.9 Å². The van der Waals surface area contributed by atoms with Crippen molar-refractivity contribution >= 4 is 56.7 Å². The maximum Gasteiger partial charge on any atom is 0.269 e. The van der Waals surface area contributed by atoms with Gasteiger partial charge < -0.3 is 10.1 Å². The van der Waals surface area contributed by atoms with Gasteiger partial charge in [0.1, 0.15) is 5.75 Å². The largest absolute Gasteiger partial charge is 0.493 e. The van der Waals surface area contributed by atoms with Gasteiger partial charge in [-0.3, -0.25) is 30.6 Å². The third-order valence-electron chi connectivity index (χ3n) is 5.56. The summed E-state index contributed by atoms with van der Waals surface area (Å²) in [6.07, 6.45) is 6.00. The van der Waals surface area contributed by atoms with E-state index in [9.17, 15) is 14.4 Å². The van der Waals surface area contributed by atoms with Crippen molar-refractivity contribution in [2.75, 3.05) is 11.9 Å². The molecule has 0 saturated heterocycles. The minimum Gasteiger partial charge on any atom is -0.493 e. The van der Waals surface area contributed by atoms with Gasteiger partial charge in [0.25, 0.3) is 11.8 Å². The summed E-state index contributed by atoms with van der Waals surface area (Å²) in [4.78, 5) is 37.5. The van der Waals surface area contributed by atoms with Crippen molar-refractivity contribution in [3.05, 3.63) is 58.1 Å². The van der Waals surface area contributed by atoms with Gasteiger partial charge in [-0.1, -0.05) is 42.1 Å². The van der Waals surface area contributed by atoms with Gasteiger partial charge in [0.2, 0.25) is 5.91 Å². The van der Waals surface area contributed by atoms with Crippen LogP contribution in [0, 0.1) is 5.92 Å². The molecule has 3 amide bonds. The highest BCUT2D eigenvalue weighted by atomic mass is 79.9. The lowest BCUT2D eigenvalue weighted by molar-refractivity contribution is -0.120. The zero-order valence-corrected chi connectivity index (χ0v) is 21.9. The van der Waals surface area contributed by atoms with E-state index in [1.807, 2.05) is 6.92 Å². The maximum atomic E-state index is 12.7. The van der Waals surface area contributed by atoms with E-state index >= 15 is 0 Å². The highest BCUT2D eigenvalue weighted by Crippen LogP contribution is 2.25. The Hall–Kier alpha value is -2.98. The summed E-state index contributed by atoms with van der Waals surface area (Å²) in [5.74, 6) is -0.393. The summed E-state index contributed by atoms with van der Waals surface area (Å²) in [6.45, 7) is 2.45. The number of ether oxygens (including phenoxy) is 1. The number of amides is 3. The van der Waals surface area contributed by atoms with Crippen LogP contribution in [-0.2, 0) is 4.79 Å². The first-order valence-corrected chi connectivity index (χ1v) is 12.8. The molecule has 35 heavy (non-hydrogen) atoms. The Morgan fingerprint density at radius 2 is 1.71 bits per heavy atom. The minimum atomic E-state index is -0.470. The molecular weight excluding hydrogens is 532 g/mol. The van der Waals surface area contributed by atoms with Gasteiger partial charge in [-0.15, -0.1) is 0 Å². The summed E-state index contributed by atoms with van der Waals surface area (Å²) in [5, 5.41) is 5.38. The predicted octanol–water partition coefficient (Wildman–Crippen LogP) is 4.71. The van der Waals surface area contributed by atoms with Crippen molar-refractivity contribution in [1.82, 2.24) is 16.2 Å². The molecular formula is C25H29BrN4O4S. The van der Waals surface area contributed by atoms with E-state index in [0.717, 1.165) is 36.6 Å². The summed E-state index contributed by atoms with van der Waals surface area (Å²) >= 11 is 8.48. The molecule has 1 fully saturated rings. The molecule has 8 nitrogen and oxygen atoms in total. The maximum absolute atomic E-state index is 12.7. The van der Waals surface area contributed by atoms with Gasteiger partial charge in [0.15, 0.2) is 5.11 Å². The average Bonchev–Trinajstić information content (AvgIpc) is 2.87. The Morgan fingerprint density at radius 1 is 1.00 bits per heavy atom. The Labute approximate surface area is 218 Å². The number of nitrogens with one attached hydrogen (secondary N) is 4. The molecule has 1 saturated carbocycles. The molecule has 0 aromatic heterocycles. The number of hydrazine groups is 1. The number of carbonyl (C=O) groups excluding carboxylic acids is 3. The molecule has 1 aliphatic rings. The van der Waals surface area contributed by atoms with Crippen LogP contribution < -0.4 is 26.2 Å². The van der Waals surface area contributed by atoms with Gasteiger partial charge >= 0.3 is 0 Å². The van der Waals surface area contributed by atoms with Crippen molar-refractivity contribution in [2.45, 2.75) is 45.4 Å². The first-order chi connectivity index (χ1) is 16.9. The second kappa shape index (κ2) is 13.2. The molecule has 0 unspecified atom stereocenters. The van der Waals surface area contributed by atoms with Crippen LogP contribution in [0.5, 0.6) is 5.75 Å². The van der Waals surface area contributed by atoms with Crippen LogP contribution in [0.25, 0.3) is 0 Å². The van der Waals surface area contributed by atoms with Crippen molar-refractivity contribution in [1.29, 1.82) is 0 Å². The van der Waals surface area contributed by atoms with E-state index in [1.165, 1.54) is 6.42 Å². The summed E-state index contributed by atoms with van der Waals surface area (Å²) < 4.78 is 6.35. The number of halogens is 1. The van der Waals surface area contributed by atoms with Crippen LogP contribution in [0.4, 0.5) is 5.69 Å². The average molecular weight is 562 g/mol. The fourth-order valence-electron chi connectivity index (χ4n) is 3.72. The number of rotatable bonds is 7. The van der Waals surface area contributed by atoms with Crippen molar-refractivity contribution < 1.29 is 19.1 Å². The van der Waals surface area contributed by atoms with E-state index < -0.39 is 11.8 Å². The number of benzene rings is 2. The van der Waals surface area contributed by atoms with E-state index in [0.29, 0.717) is 29.2 Å². The molecule has 3 rings (SSSR count). The molecule has 0 aliphatic heterocycles. The van der Waals surface area contributed by atoms with E-state index in [2.05, 4.69) is 37.4 Å². The van der Waals surface area contributed by atoms with Crippen molar-refractivity contribution in [3.63, 3.8) is 0 Å². The fourth-order valence-corrected chi connectivity index (χ4v) is 4.22. The normalized spacial score (nSPS) is 13.4. The predicted molar refractivity (Wildman–Crippen MR) is 142 cm³/mol. The van der Waals surface area contributed by atoms with E-state index in [-0.39, 0.29) is 16.9 Å². The highest BCUT2D eigenvalue weighted by molar-refractivity contribution is 9.10. The van der Waals surface area contributed by atoms with Crippen LogP contribution >= 0.6 is 28.1 Å². The highest BCUT2D eigenvalue weighted by Gasteiger charge is 2.21. The molecule has 2 aromatic carbocycles. The lowest BCUT2D eigenvalue weighted by atomic mass is 9.88. The van der Waals surface area contributed by atoms with Gasteiger partial charge in [0.05, 0.1) is 12.2 Å². The fraction of sp³-hybridized carbons (Fsp3) is 0.360. The van der Waals surface area contributed by atoms with E-state index in [4.69, 9.17) is 17.0 Å². The Bertz CT molecular complexity index is 1070. The quantitative estimate of drug-likeness (QED) is 0.288. The van der Waals surface area contributed by atoms with Crippen LogP contribution in [0.2, 0.25) is 0 Å². The number of anilines is 1. The van der Waals surface area contributed by atoms with Crippen molar-refractivity contribution in [3.8, 4) is 5.75 Å². The number of carbonyl (C=O) groups is 3. The smallest absolute Gasteiger partial charge is 0.269 e.